The van der Waals surface area contributed by atoms with Crippen LogP contribution in [0.5, 0.6) is 0 Å². The standard InChI is InChI=1S/C22H25N7O/c1-13-10-14(2)12-18(11-13)23-22(30)9-6-19-15(3)26-28(16(19)4)21-8-7-20-25-24-17(5)29(20)27-21/h7-8,10-12H,6,9H2,1-5H3,(H,23,30). The number of anilines is 1. The van der Waals surface area contributed by atoms with Crippen molar-refractivity contribution in [1.29, 1.82) is 0 Å². The first-order chi connectivity index (χ1) is 14.3. The zero-order valence-corrected chi connectivity index (χ0v) is 17.9. The number of carbonyl (C=O) groups excluding carboxylic acids is 1. The summed E-state index contributed by atoms with van der Waals surface area (Å²) in [5.41, 5.74) is 6.73. The summed E-state index contributed by atoms with van der Waals surface area (Å²) in [6.07, 6.45) is 1.000. The van der Waals surface area contributed by atoms with Crippen LogP contribution in [-0.4, -0.2) is 35.5 Å². The summed E-state index contributed by atoms with van der Waals surface area (Å²) in [7, 11) is 0. The number of benzene rings is 1. The number of amides is 1. The van der Waals surface area contributed by atoms with Gasteiger partial charge in [0.25, 0.3) is 0 Å². The Kier molecular flexibility index (Phi) is 5.07. The van der Waals surface area contributed by atoms with E-state index in [1.54, 1.807) is 4.52 Å². The van der Waals surface area contributed by atoms with Crippen molar-refractivity contribution in [1.82, 2.24) is 29.6 Å². The van der Waals surface area contributed by atoms with E-state index in [0.29, 0.717) is 24.3 Å². The molecule has 30 heavy (non-hydrogen) atoms. The van der Waals surface area contributed by atoms with E-state index < -0.39 is 0 Å². The van der Waals surface area contributed by atoms with Crippen LogP contribution in [-0.2, 0) is 11.2 Å². The number of aryl methyl sites for hydroxylation is 4. The Morgan fingerprint density at radius 3 is 2.43 bits per heavy atom. The van der Waals surface area contributed by atoms with Gasteiger partial charge in [0.05, 0.1) is 5.69 Å². The first-order valence-electron chi connectivity index (χ1n) is 9.94. The smallest absolute Gasteiger partial charge is 0.224 e. The fourth-order valence-corrected chi connectivity index (χ4v) is 3.77. The second kappa shape index (κ2) is 7.70. The van der Waals surface area contributed by atoms with Gasteiger partial charge >= 0.3 is 0 Å². The minimum absolute atomic E-state index is 0.00814. The molecule has 1 aromatic carbocycles. The number of carbonyl (C=O) groups is 1. The summed E-state index contributed by atoms with van der Waals surface area (Å²) in [6.45, 7) is 9.87. The molecule has 154 valence electrons. The largest absolute Gasteiger partial charge is 0.326 e. The third-order valence-electron chi connectivity index (χ3n) is 5.17. The van der Waals surface area contributed by atoms with Gasteiger partial charge in [-0.25, -0.2) is 4.68 Å². The molecule has 1 amide bonds. The van der Waals surface area contributed by atoms with E-state index in [0.717, 1.165) is 39.6 Å². The van der Waals surface area contributed by atoms with Gasteiger partial charge in [-0.05, 0) is 82.0 Å². The lowest BCUT2D eigenvalue weighted by Gasteiger charge is -2.08. The molecule has 0 unspecified atom stereocenters. The van der Waals surface area contributed by atoms with Crippen molar-refractivity contribution in [2.24, 2.45) is 0 Å². The normalized spacial score (nSPS) is 11.2. The molecule has 3 heterocycles. The highest BCUT2D eigenvalue weighted by Gasteiger charge is 2.16. The molecule has 1 N–H and O–H groups in total. The van der Waals surface area contributed by atoms with E-state index in [9.17, 15) is 4.79 Å². The Labute approximate surface area is 174 Å². The van der Waals surface area contributed by atoms with E-state index in [1.807, 2.05) is 63.6 Å². The van der Waals surface area contributed by atoms with Crippen LogP contribution in [0.2, 0.25) is 0 Å². The molecule has 0 aliphatic carbocycles. The second-order valence-electron chi connectivity index (χ2n) is 7.69. The Hall–Kier alpha value is -3.55. The zero-order valence-electron chi connectivity index (χ0n) is 17.9. The highest BCUT2D eigenvalue weighted by atomic mass is 16.1. The highest BCUT2D eigenvalue weighted by molar-refractivity contribution is 5.91. The van der Waals surface area contributed by atoms with Crippen LogP contribution in [0.4, 0.5) is 5.69 Å². The van der Waals surface area contributed by atoms with Gasteiger partial charge in [-0.15, -0.1) is 15.3 Å². The first kappa shape index (κ1) is 19.8. The van der Waals surface area contributed by atoms with Crippen molar-refractivity contribution in [2.45, 2.75) is 47.5 Å². The maximum Gasteiger partial charge on any atom is 0.224 e. The van der Waals surface area contributed by atoms with Crippen LogP contribution < -0.4 is 5.32 Å². The number of rotatable bonds is 5. The molecule has 0 aliphatic heterocycles. The molecular weight excluding hydrogens is 378 g/mol. The number of aromatic nitrogens is 6. The molecule has 4 aromatic rings. The Balaban J connectivity index is 1.51. The average molecular weight is 403 g/mol. The molecule has 0 bridgehead atoms. The summed E-state index contributed by atoms with van der Waals surface area (Å²) >= 11 is 0. The van der Waals surface area contributed by atoms with Gasteiger partial charge in [-0.1, -0.05) is 6.07 Å². The van der Waals surface area contributed by atoms with Crippen molar-refractivity contribution in [2.75, 3.05) is 5.32 Å². The minimum atomic E-state index is -0.00814. The highest BCUT2D eigenvalue weighted by Crippen LogP contribution is 2.20. The summed E-state index contributed by atoms with van der Waals surface area (Å²) < 4.78 is 3.51. The van der Waals surface area contributed by atoms with Gasteiger partial charge in [-0.2, -0.15) is 9.61 Å². The summed E-state index contributed by atoms with van der Waals surface area (Å²) in [4.78, 5) is 12.5. The molecule has 0 radical (unpaired) electrons. The quantitative estimate of drug-likeness (QED) is 0.551. The molecule has 0 saturated carbocycles. The van der Waals surface area contributed by atoms with Crippen LogP contribution in [0.1, 0.15) is 40.3 Å². The lowest BCUT2D eigenvalue weighted by Crippen LogP contribution is -2.13. The monoisotopic (exact) mass is 403 g/mol. The molecule has 0 aliphatic rings. The van der Waals surface area contributed by atoms with E-state index in [4.69, 9.17) is 0 Å². The van der Waals surface area contributed by atoms with E-state index in [1.165, 1.54) is 0 Å². The van der Waals surface area contributed by atoms with Crippen LogP contribution in [0.15, 0.2) is 30.3 Å². The molecule has 0 atom stereocenters. The van der Waals surface area contributed by atoms with Crippen molar-refractivity contribution < 1.29 is 4.79 Å². The molecule has 3 aromatic heterocycles. The Morgan fingerprint density at radius 1 is 0.967 bits per heavy atom. The number of fused-ring (bicyclic) bond motifs is 1. The van der Waals surface area contributed by atoms with Gasteiger partial charge in [0.15, 0.2) is 17.3 Å². The van der Waals surface area contributed by atoms with Crippen LogP contribution >= 0.6 is 0 Å². The van der Waals surface area contributed by atoms with Crippen molar-refractivity contribution >= 4 is 17.2 Å². The van der Waals surface area contributed by atoms with E-state index in [-0.39, 0.29) is 5.91 Å². The molecule has 8 heteroatoms. The summed E-state index contributed by atoms with van der Waals surface area (Å²) in [6, 6.07) is 9.79. The Bertz CT molecular complexity index is 1230. The minimum Gasteiger partial charge on any atom is -0.326 e. The second-order valence-corrected chi connectivity index (χ2v) is 7.69. The van der Waals surface area contributed by atoms with Gasteiger partial charge in [0, 0.05) is 17.8 Å². The molecule has 0 fully saturated rings. The lowest BCUT2D eigenvalue weighted by atomic mass is 10.1. The Morgan fingerprint density at radius 2 is 1.70 bits per heavy atom. The maximum absolute atomic E-state index is 12.5. The van der Waals surface area contributed by atoms with Crippen molar-refractivity contribution in [3.63, 3.8) is 0 Å². The van der Waals surface area contributed by atoms with Crippen LogP contribution in [0.25, 0.3) is 11.5 Å². The zero-order chi connectivity index (χ0) is 21.4. The van der Waals surface area contributed by atoms with Crippen LogP contribution in [0, 0.1) is 34.6 Å². The van der Waals surface area contributed by atoms with Crippen molar-refractivity contribution in [3.05, 3.63) is 64.2 Å². The van der Waals surface area contributed by atoms with Crippen LogP contribution in [0.3, 0.4) is 0 Å². The lowest BCUT2D eigenvalue weighted by molar-refractivity contribution is -0.116. The first-order valence-corrected chi connectivity index (χ1v) is 9.94. The molecule has 4 rings (SSSR count). The fraction of sp³-hybridized carbons (Fsp3) is 0.318. The molecule has 8 nitrogen and oxygen atoms in total. The number of hydrogen-bond acceptors (Lipinski definition) is 5. The molecule has 0 spiro atoms. The van der Waals surface area contributed by atoms with E-state index >= 15 is 0 Å². The topological polar surface area (TPSA) is 90.0 Å². The fourth-order valence-electron chi connectivity index (χ4n) is 3.77. The van der Waals surface area contributed by atoms with Crippen molar-refractivity contribution in [3.8, 4) is 5.82 Å². The molecule has 0 saturated heterocycles. The predicted molar refractivity (Wildman–Crippen MR) is 115 cm³/mol. The van der Waals surface area contributed by atoms with Gasteiger partial charge in [0.2, 0.25) is 5.91 Å². The van der Waals surface area contributed by atoms with Gasteiger partial charge < -0.3 is 5.32 Å². The third kappa shape index (κ3) is 3.80. The molecular formula is C22H25N7O. The van der Waals surface area contributed by atoms with E-state index in [2.05, 4.69) is 31.8 Å². The number of nitrogens with zero attached hydrogens (tertiary/aromatic N) is 6. The SMILES string of the molecule is Cc1cc(C)cc(NC(=O)CCc2c(C)nn(-c3ccc4nnc(C)n4n3)c2C)c1. The predicted octanol–water partition coefficient (Wildman–Crippen LogP) is 3.42. The summed E-state index contributed by atoms with van der Waals surface area (Å²) in [5.74, 6) is 1.40. The summed E-state index contributed by atoms with van der Waals surface area (Å²) in [5, 5.41) is 20.4. The van der Waals surface area contributed by atoms with Gasteiger partial charge in [-0.3, -0.25) is 4.79 Å². The van der Waals surface area contributed by atoms with Gasteiger partial charge in [0.1, 0.15) is 0 Å². The number of hydrogen-bond donors (Lipinski definition) is 1. The third-order valence-corrected chi connectivity index (χ3v) is 5.17. The number of nitrogens with one attached hydrogen (secondary N) is 1. The maximum atomic E-state index is 12.5. The average Bonchev–Trinajstić information content (AvgIpc) is 3.18.